The van der Waals surface area contributed by atoms with Crippen LogP contribution in [0.2, 0.25) is 0 Å². The number of halogens is 3. The fraction of sp³-hybridized carbons (Fsp3) is 0.407. The number of nitrogens with one attached hydrogen (secondary N) is 1. The van der Waals surface area contributed by atoms with Crippen LogP contribution in [0.5, 0.6) is 5.75 Å². The largest absolute Gasteiger partial charge is 1.00 e. The van der Waals surface area contributed by atoms with E-state index in [1.165, 1.54) is 36.9 Å². The number of ether oxygens (including phenoxy) is 1. The maximum Gasteiger partial charge on any atom is 1.00 e. The van der Waals surface area contributed by atoms with E-state index in [1.54, 1.807) is 43.1 Å². The van der Waals surface area contributed by atoms with Crippen molar-refractivity contribution >= 4 is 28.4 Å². The Morgan fingerprint density at radius 3 is 2.50 bits per heavy atom. The first-order chi connectivity index (χ1) is 16.8. The van der Waals surface area contributed by atoms with Crippen molar-refractivity contribution in [1.29, 1.82) is 0 Å². The van der Waals surface area contributed by atoms with Gasteiger partial charge in [-0.05, 0) is 63.0 Å². The van der Waals surface area contributed by atoms with E-state index in [0.29, 0.717) is 22.3 Å². The van der Waals surface area contributed by atoms with E-state index < -0.39 is 12.7 Å². The first-order valence-electron chi connectivity index (χ1n) is 11.5. The normalized spacial score (nSPS) is 13.6. The van der Waals surface area contributed by atoms with Crippen molar-refractivity contribution in [2.75, 3.05) is 45.4 Å². The number of likely N-dealkylation sites (tertiary alicyclic amines) is 1. The summed E-state index contributed by atoms with van der Waals surface area (Å²) in [5.41, 5.74) is 1.55. The van der Waals surface area contributed by atoms with E-state index in [-0.39, 0.29) is 36.1 Å². The Bertz CT molecular complexity index is 1160. The quantitative estimate of drug-likeness (QED) is 0.240. The van der Waals surface area contributed by atoms with Gasteiger partial charge >= 0.3 is 35.7 Å². The van der Waals surface area contributed by atoms with E-state index in [0.717, 1.165) is 10.6 Å². The van der Waals surface area contributed by atoms with Gasteiger partial charge in [0.15, 0.2) is 0 Å². The molecule has 0 amide bonds. The van der Waals surface area contributed by atoms with Crippen molar-refractivity contribution in [3.05, 3.63) is 54.2 Å². The molecule has 36 heavy (non-hydrogen) atoms. The predicted octanol–water partition coefficient (Wildman–Crippen LogP) is 3.30. The Morgan fingerprint density at radius 1 is 1.14 bits per heavy atom. The number of alkyl halides is 3. The van der Waals surface area contributed by atoms with E-state index in [1.807, 2.05) is 24.5 Å². The molecule has 0 radical (unpaired) electrons. The third kappa shape index (κ3) is 9.28. The van der Waals surface area contributed by atoms with Gasteiger partial charge < -0.3 is 19.5 Å². The molecule has 0 spiro atoms. The SMILES string of the molecule is CN1CCCCC1.COc1cc(SC)ccc1NCC#Cc1cc2[c-]cccc2n1CC(F)(F)F.[Na+]. The molecule has 1 aliphatic rings. The van der Waals surface area contributed by atoms with Gasteiger partial charge in [0.05, 0.1) is 19.3 Å². The number of benzene rings is 2. The van der Waals surface area contributed by atoms with E-state index in [4.69, 9.17) is 4.74 Å². The standard InChI is InChI=1S/C21H18F3N2OS.C6H13N.Na/c1-27-20-13-17(28-2)9-10-18(20)25-11-5-7-16-12-15-6-3-4-8-19(15)26(16)14-21(22,23)24;1-7-5-3-2-4-6-7;/h3-4,8-10,12-13,25H,11,14H2,1-2H3;2-6H2,1H3;/q-1;;+1. The minimum Gasteiger partial charge on any atom is -0.495 e. The van der Waals surface area contributed by atoms with Crippen LogP contribution in [0, 0.1) is 17.9 Å². The van der Waals surface area contributed by atoms with Crippen molar-refractivity contribution < 1.29 is 47.5 Å². The third-order valence-electron chi connectivity index (χ3n) is 5.64. The molecule has 1 fully saturated rings. The van der Waals surface area contributed by atoms with E-state index >= 15 is 0 Å². The topological polar surface area (TPSA) is 29.4 Å². The van der Waals surface area contributed by atoms with Crippen molar-refractivity contribution in [3.8, 4) is 17.6 Å². The summed E-state index contributed by atoms with van der Waals surface area (Å²) in [6.45, 7) is 1.82. The molecule has 0 atom stereocenters. The number of hydrogen-bond donors (Lipinski definition) is 1. The second-order valence-corrected chi connectivity index (χ2v) is 9.17. The van der Waals surface area contributed by atoms with Crippen molar-refractivity contribution in [3.63, 3.8) is 0 Å². The zero-order valence-corrected chi connectivity index (χ0v) is 24.2. The van der Waals surface area contributed by atoms with Gasteiger partial charge in [-0.15, -0.1) is 47.5 Å². The number of hydrogen-bond acceptors (Lipinski definition) is 4. The summed E-state index contributed by atoms with van der Waals surface area (Å²) in [6.07, 6.45) is 1.92. The van der Waals surface area contributed by atoms with Gasteiger partial charge in [0.2, 0.25) is 0 Å². The second kappa shape index (κ2) is 14.8. The number of fused-ring (bicyclic) bond motifs is 1. The molecular formula is C27H31F3N3NaOS. The number of anilines is 1. The van der Waals surface area contributed by atoms with Crippen LogP contribution in [-0.4, -0.2) is 55.7 Å². The van der Waals surface area contributed by atoms with Crippen LogP contribution in [0.25, 0.3) is 10.9 Å². The fourth-order valence-corrected chi connectivity index (χ4v) is 4.29. The minimum atomic E-state index is -4.33. The Labute approximate surface area is 238 Å². The average Bonchev–Trinajstić information content (AvgIpc) is 3.18. The molecule has 0 unspecified atom stereocenters. The molecule has 4 nitrogen and oxygen atoms in total. The predicted molar refractivity (Wildman–Crippen MR) is 138 cm³/mol. The van der Waals surface area contributed by atoms with Crippen LogP contribution >= 0.6 is 11.8 Å². The summed E-state index contributed by atoms with van der Waals surface area (Å²) in [4.78, 5) is 3.46. The molecule has 0 saturated carbocycles. The minimum absolute atomic E-state index is 0. The number of rotatable bonds is 5. The van der Waals surface area contributed by atoms with Gasteiger partial charge in [0.25, 0.3) is 0 Å². The number of thioether (sulfide) groups is 1. The first kappa shape index (κ1) is 30.5. The summed E-state index contributed by atoms with van der Waals surface area (Å²) in [5, 5.41) is 3.75. The Kier molecular flexibility index (Phi) is 12.6. The molecular weight excluding hydrogens is 494 g/mol. The summed E-state index contributed by atoms with van der Waals surface area (Å²) in [6, 6.07) is 15.3. The van der Waals surface area contributed by atoms with Gasteiger partial charge in [-0.25, -0.2) is 0 Å². The maximum atomic E-state index is 13.0. The summed E-state index contributed by atoms with van der Waals surface area (Å²) < 4.78 is 45.5. The van der Waals surface area contributed by atoms with Crippen LogP contribution in [0.1, 0.15) is 25.0 Å². The molecule has 3 aromatic rings. The van der Waals surface area contributed by atoms with Crippen LogP contribution in [0.4, 0.5) is 18.9 Å². The van der Waals surface area contributed by atoms with Crippen LogP contribution in [0.15, 0.2) is 47.4 Å². The molecule has 4 rings (SSSR count). The molecule has 1 N–H and O–H groups in total. The van der Waals surface area contributed by atoms with Crippen molar-refractivity contribution in [2.24, 2.45) is 0 Å². The maximum absolute atomic E-state index is 13.0. The smallest absolute Gasteiger partial charge is 0.495 e. The molecule has 1 aliphatic heterocycles. The summed E-state index contributed by atoms with van der Waals surface area (Å²) in [7, 11) is 3.78. The van der Waals surface area contributed by atoms with Gasteiger partial charge in [-0.1, -0.05) is 18.3 Å². The van der Waals surface area contributed by atoms with Gasteiger partial charge in [-0.2, -0.15) is 13.2 Å². The Morgan fingerprint density at radius 2 is 1.89 bits per heavy atom. The third-order valence-corrected chi connectivity index (χ3v) is 6.36. The van der Waals surface area contributed by atoms with Gasteiger partial charge in [0.1, 0.15) is 12.3 Å². The molecule has 0 aliphatic carbocycles. The second-order valence-electron chi connectivity index (χ2n) is 8.29. The Balaban J connectivity index is 0.000000492. The summed E-state index contributed by atoms with van der Waals surface area (Å²) in [5.74, 6) is 6.42. The molecule has 1 saturated heterocycles. The monoisotopic (exact) mass is 525 g/mol. The van der Waals surface area contributed by atoms with Crippen LogP contribution < -0.4 is 39.6 Å². The first-order valence-corrected chi connectivity index (χ1v) is 12.7. The fourth-order valence-electron chi connectivity index (χ4n) is 3.86. The summed E-state index contributed by atoms with van der Waals surface area (Å²) >= 11 is 1.61. The molecule has 1 aromatic heterocycles. The zero-order chi connectivity index (χ0) is 25.3. The van der Waals surface area contributed by atoms with Gasteiger partial charge in [0, 0.05) is 10.6 Å². The van der Waals surface area contributed by atoms with Crippen LogP contribution in [0.3, 0.4) is 0 Å². The average molecular weight is 526 g/mol. The molecule has 2 heterocycles. The number of aromatic nitrogens is 1. The molecule has 2 aromatic carbocycles. The van der Waals surface area contributed by atoms with Crippen molar-refractivity contribution in [2.45, 2.75) is 36.9 Å². The van der Waals surface area contributed by atoms with Crippen LogP contribution in [-0.2, 0) is 6.54 Å². The molecule has 0 bridgehead atoms. The van der Waals surface area contributed by atoms with Gasteiger partial charge in [-0.3, -0.25) is 0 Å². The molecule has 9 heteroatoms. The number of methoxy groups -OCH3 is 1. The molecule has 188 valence electrons. The Hall–Kier alpha value is -1.76. The zero-order valence-electron chi connectivity index (χ0n) is 21.3. The number of nitrogens with zero attached hydrogens (tertiary/aromatic N) is 2. The number of piperidine rings is 1. The van der Waals surface area contributed by atoms with E-state index in [9.17, 15) is 13.2 Å². The van der Waals surface area contributed by atoms with E-state index in [2.05, 4.69) is 35.2 Å². The van der Waals surface area contributed by atoms with Crippen molar-refractivity contribution in [1.82, 2.24) is 9.47 Å².